The summed E-state index contributed by atoms with van der Waals surface area (Å²) in [4.78, 5) is 29.5. The molecule has 7 heteroatoms. The average Bonchev–Trinajstić information content (AvgIpc) is 2.81. The maximum Gasteiger partial charge on any atom is 0.329 e. The summed E-state index contributed by atoms with van der Waals surface area (Å²) in [6.07, 6.45) is 4.23. The van der Waals surface area contributed by atoms with E-state index in [9.17, 15) is 9.59 Å². The van der Waals surface area contributed by atoms with Gasteiger partial charge in [-0.1, -0.05) is 0 Å². The molecule has 0 aromatic carbocycles. The molecule has 4 nitrogen and oxygen atoms in total. The Morgan fingerprint density at radius 1 is 1.30 bits per heavy atom. The highest BCUT2D eigenvalue weighted by Crippen LogP contribution is 2.32. The third-order valence-corrected chi connectivity index (χ3v) is 5.98. The molecule has 1 aliphatic carbocycles. The molecule has 1 atom stereocenters. The second-order valence-electron chi connectivity index (χ2n) is 5.10. The Morgan fingerprint density at radius 2 is 2.05 bits per heavy atom. The number of hydrogen-bond acceptors (Lipinski definition) is 5. The minimum Gasteiger partial charge on any atom is -0.298 e. The highest BCUT2D eigenvalue weighted by atomic mass is 32.1. The third-order valence-electron chi connectivity index (χ3n) is 3.70. The number of aryl methyl sites for hydroxylation is 2. The van der Waals surface area contributed by atoms with E-state index in [-0.39, 0.29) is 16.5 Å². The molecule has 0 saturated carbocycles. The van der Waals surface area contributed by atoms with Gasteiger partial charge in [0.2, 0.25) is 0 Å². The van der Waals surface area contributed by atoms with Crippen molar-refractivity contribution < 1.29 is 0 Å². The molecule has 108 valence electrons. The van der Waals surface area contributed by atoms with Gasteiger partial charge in [-0.05, 0) is 31.2 Å². The number of fused-ring (bicyclic) bond motifs is 3. The summed E-state index contributed by atoms with van der Waals surface area (Å²) in [5.74, 6) is 0.523. The maximum atomic E-state index is 12.6. The lowest BCUT2D eigenvalue weighted by Crippen LogP contribution is -2.37. The van der Waals surface area contributed by atoms with Crippen LogP contribution in [-0.2, 0) is 19.4 Å². The zero-order chi connectivity index (χ0) is 14.3. The van der Waals surface area contributed by atoms with Crippen molar-refractivity contribution in [2.45, 2.75) is 37.5 Å². The van der Waals surface area contributed by atoms with Crippen molar-refractivity contribution in [3.63, 3.8) is 0 Å². The molecule has 1 unspecified atom stereocenters. The Morgan fingerprint density at radius 3 is 2.80 bits per heavy atom. The number of thiol groups is 2. The summed E-state index contributed by atoms with van der Waals surface area (Å²) < 4.78 is 1.26. The molecular weight excluding hydrogens is 312 g/mol. The van der Waals surface area contributed by atoms with Crippen LogP contribution in [-0.4, -0.2) is 20.6 Å². The molecule has 0 bridgehead atoms. The van der Waals surface area contributed by atoms with Crippen molar-refractivity contribution in [1.82, 2.24) is 9.55 Å². The second-order valence-corrected chi connectivity index (χ2v) is 7.30. The zero-order valence-electron chi connectivity index (χ0n) is 10.9. The Labute approximate surface area is 131 Å². The van der Waals surface area contributed by atoms with E-state index in [1.54, 1.807) is 11.3 Å². The SMILES string of the molecule is O=c1[nH]c2sc3c(c2c(=O)n1CC(S)CS)CCCC3. The molecule has 2 aromatic heterocycles. The first-order chi connectivity index (χ1) is 9.61. The summed E-state index contributed by atoms with van der Waals surface area (Å²) in [5, 5.41) is 0.605. The number of hydrogen-bond donors (Lipinski definition) is 3. The molecule has 0 saturated heterocycles. The predicted octanol–water partition coefficient (Wildman–Crippen LogP) is 1.86. The average molecular weight is 328 g/mol. The minimum absolute atomic E-state index is 0.107. The normalized spacial score (nSPS) is 16.3. The molecule has 0 fully saturated rings. The van der Waals surface area contributed by atoms with Crippen LogP contribution in [0.5, 0.6) is 0 Å². The molecule has 0 aliphatic heterocycles. The smallest absolute Gasteiger partial charge is 0.298 e. The van der Waals surface area contributed by atoms with Crippen LogP contribution in [0.1, 0.15) is 23.3 Å². The van der Waals surface area contributed by atoms with Crippen LogP contribution in [0.3, 0.4) is 0 Å². The third kappa shape index (κ3) is 2.35. The lowest BCUT2D eigenvalue weighted by Gasteiger charge is -2.11. The van der Waals surface area contributed by atoms with Gasteiger partial charge in [0.15, 0.2) is 0 Å². The van der Waals surface area contributed by atoms with Crippen molar-refractivity contribution in [1.29, 1.82) is 0 Å². The maximum absolute atomic E-state index is 12.6. The van der Waals surface area contributed by atoms with E-state index < -0.39 is 0 Å². The van der Waals surface area contributed by atoms with E-state index in [0.29, 0.717) is 17.7 Å². The standard InChI is InChI=1S/C13H16N2O2S3/c16-12-10-8-3-1-2-4-9(8)20-11(10)14-13(17)15(12)5-7(19)6-18/h7,18-19H,1-6H2,(H,14,17). The molecule has 20 heavy (non-hydrogen) atoms. The minimum atomic E-state index is -0.345. The van der Waals surface area contributed by atoms with E-state index in [4.69, 9.17) is 0 Å². The molecule has 2 aromatic rings. The van der Waals surface area contributed by atoms with Gasteiger partial charge in [-0.2, -0.15) is 25.3 Å². The second kappa shape index (κ2) is 5.61. The molecule has 0 radical (unpaired) electrons. The van der Waals surface area contributed by atoms with E-state index in [1.807, 2.05) is 0 Å². The van der Waals surface area contributed by atoms with Crippen molar-refractivity contribution in [2.75, 3.05) is 5.75 Å². The molecule has 1 N–H and O–H groups in total. The first-order valence-corrected chi connectivity index (χ1v) is 8.64. The Hall–Kier alpha value is -0.660. The predicted molar refractivity (Wildman–Crippen MR) is 90.0 cm³/mol. The van der Waals surface area contributed by atoms with Gasteiger partial charge >= 0.3 is 5.69 Å². The van der Waals surface area contributed by atoms with Crippen molar-refractivity contribution >= 4 is 46.8 Å². The summed E-state index contributed by atoms with van der Waals surface area (Å²) in [7, 11) is 0. The fraction of sp³-hybridized carbons (Fsp3) is 0.538. The fourth-order valence-electron chi connectivity index (χ4n) is 2.71. The number of aromatic amines is 1. The lowest BCUT2D eigenvalue weighted by molar-refractivity contribution is 0.638. The van der Waals surface area contributed by atoms with Crippen molar-refractivity contribution in [3.05, 3.63) is 31.3 Å². The summed E-state index contributed by atoms with van der Waals surface area (Å²) in [5.41, 5.74) is 0.624. The van der Waals surface area contributed by atoms with Crippen LogP contribution in [0.15, 0.2) is 9.59 Å². The van der Waals surface area contributed by atoms with Gasteiger partial charge in [-0.25, -0.2) is 4.79 Å². The fourth-order valence-corrected chi connectivity index (χ4v) is 4.26. The summed E-state index contributed by atoms with van der Waals surface area (Å²) in [6.45, 7) is 0.293. The Kier molecular flexibility index (Phi) is 4.01. The van der Waals surface area contributed by atoms with Gasteiger partial charge in [-0.3, -0.25) is 14.3 Å². The number of rotatable bonds is 3. The molecule has 0 amide bonds. The number of nitrogens with zero attached hydrogens (tertiary/aromatic N) is 1. The number of aromatic nitrogens is 2. The van der Waals surface area contributed by atoms with Crippen LogP contribution in [0.4, 0.5) is 0 Å². The van der Waals surface area contributed by atoms with Crippen LogP contribution >= 0.6 is 36.6 Å². The molecule has 2 heterocycles. The summed E-state index contributed by atoms with van der Waals surface area (Å²) >= 11 is 10.0. The number of H-pyrrole nitrogens is 1. The highest BCUT2D eigenvalue weighted by Gasteiger charge is 2.21. The van der Waals surface area contributed by atoms with Crippen LogP contribution in [0, 0.1) is 0 Å². The molecule has 1 aliphatic rings. The van der Waals surface area contributed by atoms with Gasteiger partial charge in [0.05, 0.1) is 5.39 Å². The van der Waals surface area contributed by atoms with Crippen LogP contribution in [0.25, 0.3) is 10.2 Å². The van der Waals surface area contributed by atoms with Crippen LogP contribution < -0.4 is 11.2 Å². The lowest BCUT2D eigenvalue weighted by atomic mass is 9.97. The van der Waals surface area contributed by atoms with E-state index in [2.05, 4.69) is 30.2 Å². The van der Waals surface area contributed by atoms with Gasteiger partial charge in [0.25, 0.3) is 5.56 Å². The topological polar surface area (TPSA) is 54.9 Å². The van der Waals surface area contributed by atoms with Gasteiger partial charge < -0.3 is 0 Å². The molecule has 3 rings (SSSR count). The molecule has 0 spiro atoms. The van der Waals surface area contributed by atoms with Crippen molar-refractivity contribution in [3.8, 4) is 0 Å². The first-order valence-electron chi connectivity index (χ1n) is 6.68. The Bertz CT molecular complexity index is 759. The quantitative estimate of drug-likeness (QED) is 0.753. The van der Waals surface area contributed by atoms with E-state index >= 15 is 0 Å². The number of nitrogens with one attached hydrogen (secondary N) is 1. The highest BCUT2D eigenvalue weighted by molar-refractivity contribution is 7.84. The van der Waals surface area contributed by atoms with Crippen molar-refractivity contribution in [2.24, 2.45) is 0 Å². The first kappa shape index (κ1) is 14.3. The monoisotopic (exact) mass is 328 g/mol. The van der Waals surface area contributed by atoms with Crippen LogP contribution in [0.2, 0.25) is 0 Å². The zero-order valence-corrected chi connectivity index (χ0v) is 13.5. The van der Waals surface area contributed by atoms with Gasteiger partial charge in [0.1, 0.15) is 4.83 Å². The summed E-state index contributed by atoms with van der Waals surface area (Å²) in [6, 6.07) is 0. The molecular formula is C13H16N2O2S3. The van der Waals surface area contributed by atoms with E-state index in [1.165, 1.54) is 9.44 Å². The van der Waals surface area contributed by atoms with E-state index in [0.717, 1.165) is 36.1 Å². The van der Waals surface area contributed by atoms with Gasteiger partial charge in [0, 0.05) is 22.4 Å². The van der Waals surface area contributed by atoms with Gasteiger partial charge in [-0.15, -0.1) is 11.3 Å². The number of thiophene rings is 1. The largest absolute Gasteiger partial charge is 0.329 e. The Balaban J connectivity index is 2.22.